The van der Waals surface area contributed by atoms with Gasteiger partial charge in [0.15, 0.2) is 0 Å². The van der Waals surface area contributed by atoms with E-state index >= 15 is 0 Å². The summed E-state index contributed by atoms with van der Waals surface area (Å²) < 4.78 is 25.6. The largest absolute Gasteiger partial charge is 0.301 e. The van der Waals surface area contributed by atoms with Crippen molar-refractivity contribution in [1.29, 1.82) is 0 Å². The molecule has 0 radical (unpaired) electrons. The van der Waals surface area contributed by atoms with E-state index in [4.69, 9.17) is 0 Å². The van der Waals surface area contributed by atoms with Crippen molar-refractivity contribution >= 4 is 16.1 Å². The Morgan fingerprint density at radius 3 is 2.09 bits per heavy atom. The first-order chi connectivity index (χ1) is 4.83. The van der Waals surface area contributed by atoms with Crippen LogP contribution in [0.3, 0.4) is 0 Å². The van der Waals surface area contributed by atoms with E-state index in [9.17, 15) is 13.2 Å². The van der Waals surface area contributed by atoms with E-state index < -0.39 is 16.1 Å². The van der Waals surface area contributed by atoms with E-state index in [1.807, 2.05) is 0 Å². The summed E-state index contributed by atoms with van der Waals surface area (Å²) in [6.07, 6.45) is 0. The standard InChI is InChI=1S/C5H12N2O3S/c1-4(2)6-11(9,10)7-5(3)8/h4,6H,1-3H3,(H,7,8). The third-order valence-corrected chi connectivity index (χ3v) is 2.01. The zero-order valence-electron chi connectivity index (χ0n) is 6.71. The molecular formula is C5H12N2O3S. The molecule has 0 saturated heterocycles. The maximum absolute atomic E-state index is 10.8. The fourth-order valence-electron chi connectivity index (χ4n) is 0.529. The molecule has 11 heavy (non-hydrogen) atoms. The molecule has 0 rings (SSSR count). The molecular weight excluding hydrogens is 168 g/mol. The normalized spacial score (nSPS) is 11.6. The van der Waals surface area contributed by atoms with Gasteiger partial charge in [-0.05, 0) is 13.8 Å². The third-order valence-electron chi connectivity index (χ3n) is 0.669. The second kappa shape index (κ2) is 3.68. The van der Waals surface area contributed by atoms with E-state index in [1.54, 1.807) is 18.6 Å². The Morgan fingerprint density at radius 2 is 1.82 bits per heavy atom. The smallest absolute Gasteiger partial charge is 0.274 e. The SMILES string of the molecule is CC(=O)NS(=O)(=O)NC(C)C. The van der Waals surface area contributed by atoms with Gasteiger partial charge in [-0.25, -0.2) is 4.72 Å². The quantitative estimate of drug-likeness (QED) is 0.607. The monoisotopic (exact) mass is 180 g/mol. The number of carbonyl (C=O) groups is 1. The molecule has 0 aromatic rings. The van der Waals surface area contributed by atoms with Gasteiger partial charge < -0.3 is 0 Å². The number of rotatable bonds is 3. The summed E-state index contributed by atoms with van der Waals surface area (Å²) in [7, 11) is -3.63. The van der Waals surface area contributed by atoms with Crippen LogP contribution in [-0.2, 0) is 15.0 Å². The summed E-state index contributed by atoms with van der Waals surface area (Å²) in [5, 5.41) is 0. The van der Waals surface area contributed by atoms with Crippen LogP contribution in [0.15, 0.2) is 0 Å². The van der Waals surface area contributed by atoms with Gasteiger partial charge in [-0.3, -0.25) is 4.79 Å². The summed E-state index contributed by atoms with van der Waals surface area (Å²) >= 11 is 0. The highest BCUT2D eigenvalue weighted by Crippen LogP contribution is 1.82. The predicted octanol–water partition coefficient (Wildman–Crippen LogP) is -0.635. The Balaban J connectivity index is 4.14. The zero-order chi connectivity index (χ0) is 9.07. The zero-order valence-corrected chi connectivity index (χ0v) is 7.53. The predicted molar refractivity (Wildman–Crippen MR) is 41.0 cm³/mol. The van der Waals surface area contributed by atoms with E-state index in [0.29, 0.717) is 0 Å². The highest BCUT2D eigenvalue weighted by molar-refractivity contribution is 7.88. The second-order valence-corrected chi connectivity index (χ2v) is 3.88. The lowest BCUT2D eigenvalue weighted by Gasteiger charge is -2.08. The summed E-state index contributed by atoms with van der Waals surface area (Å²) in [5.41, 5.74) is 0. The van der Waals surface area contributed by atoms with Crippen LogP contribution in [0.5, 0.6) is 0 Å². The third kappa shape index (κ3) is 5.81. The lowest BCUT2D eigenvalue weighted by atomic mass is 10.4. The number of hydrogen-bond donors (Lipinski definition) is 2. The Labute approximate surface area is 66.4 Å². The van der Waals surface area contributed by atoms with Gasteiger partial charge in [0.2, 0.25) is 5.91 Å². The Bertz CT molecular complexity index is 232. The summed E-state index contributed by atoms with van der Waals surface area (Å²) in [6, 6.07) is -0.216. The first-order valence-electron chi connectivity index (χ1n) is 3.14. The molecule has 0 aliphatic rings. The molecule has 2 N–H and O–H groups in total. The van der Waals surface area contributed by atoms with E-state index in [2.05, 4.69) is 4.72 Å². The Morgan fingerprint density at radius 1 is 1.36 bits per heavy atom. The van der Waals surface area contributed by atoms with Crippen LogP contribution in [0.2, 0.25) is 0 Å². The first kappa shape index (κ1) is 10.4. The van der Waals surface area contributed by atoms with Crippen LogP contribution >= 0.6 is 0 Å². The van der Waals surface area contributed by atoms with Crippen LogP contribution in [0.4, 0.5) is 0 Å². The maximum atomic E-state index is 10.8. The highest BCUT2D eigenvalue weighted by Gasteiger charge is 2.11. The van der Waals surface area contributed by atoms with Crippen molar-refractivity contribution in [3.8, 4) is 0 Å². The Hall–Kier alpha value is -0.620. The average Bonchev–Trinajstić information content (AvgIpc) is 1.53. The number of carbonyl (C=O) groups excluding carboxylic acids is 1. The van der Waals surface area contributed by atoms with Gasteiger partial charge in [-0.15, -0.1) is 0 Å². The molecule has 66 valence electrons. The Kier molecular flexibility index (Phi) is 3.47. The van der Waals surface area contributed by atoms with E-state index in [1.165, 1.54) is 0 Å². The first-order valence-corrected chi connectivity index (χ1v) is 4.62. The van der Waals surface area contributed by atoms with Crippen molar-refractivity contribution in [3.63, 3.8) is 0 Å². The van der Waals surface area contributed by atoms with E-state index in [-0.39, 0.29) is 6.04 Å². The summed E-state index contributed by atoms with van der Waals surface area (Å²) in [6.45, 7) is 4.47. The molecule has 0 aliphatic heterocycles. The fraction of sp³-hybridized carbons (Fsp3) is 0.800. The van der Waals surface area contributed by atoms with E-state index in [0.717, 1.165) is 6.92 Å². The molecule has 0 saturated carbocycles. The lowest BCUT2D eigenvalue weighted by molar-refractivity contribution is -0.117. The van der Waals surface area contributed by atoms with Crippen LogP contribution in [0, 0.1) is 0 Å². The maximum Gasteiger partial charge on any atom is 0.301 e. The van der Waals surface area contributed by atoms with Gasteiger partial charge in [-0.2, -0.15) is 13.1 Å². The van der Waals surface area contributed by atoms with Crippen LogP contribution in [-0.4, -0.2) is 20.4 Å². The van der Waals surface area contributed by atoms with Crippen LogP contribution < -0.4 is 9.44 Å². The van der Waals surface area contributed by atoms with Crippen molar-refractivity contribution in [2.24, 2.45) is 0 Å². The van der Waals surface area contributed by atoms with Crippen molar-refractivity contribution in [2.75, 3.05) is 0 Å². The van der Waals surface area contributed by atoms with Gasteiger partial charge in [-0.1, -0.05) is 0 Å². The highest BCUT2D eigenvalue weighted by atomic mass is 32.2. The molecule has 0 bridgehead atoms. The van der Waals surface area contributed by atoms with Crippen LogP contribution in [0.1, 0.15) is 20.8 Å². The molecule has 0 spiro atoms. The average molecular weight is 180 g/mol. The summed E-state index contributed by atoms with van der Waals surface area (Å²) in [5.74, 6) is -0.599. The molecule has 0 unspecified atom stereocenters. The number of nitrogens with one attached hydrogen (secondary N) is 2. The molecule has 5 nitrogen and oxygen atoms in total. The molecule has 0 aromatic carbocycles. The molecule has 6 heteroatoms. The second-order valence-electron chi connectivity index (χ2n) is 2.43. The van der Waals surface area contributed by atoms with Gasteiger partial charge in [0.25, 0.3) is 0 Å². The molecule has 1 amide bonds. The number of amides is 1. The molecule has 0 aliphatic carbocycles. The molecule has 0 aromatic heterocycles. The topological polar surface area (TPSA) is 75.3 Å². The minimum Gasteiger partial charge on any atom is -0.274 e. The van der Waals surface area contributed by atoms with Crippen LogP contribution in [0.25, 0.3) is 0 Å². The molecule has 0 heterocycles. The minimum atomic E-state index is -3.63. The fourth-order valence-corrected chi connectivity index (χ4v) is 1.59. The van der Waals surface area contributed by atoms with Gasteiger partial charge in [0.05, 0.1) is 0 Å². The number of hydrogen-bond acceptors (Lipinski definition) is 3. The lowest BCUT2D eigenvalue weighted by Crippen LogP contribution is -2.42. The minimum absolute atomic E-state index is 0.216. The van der Waals surface area contributed by atoms with Gasteiger partial charge >= 0.3 is 10.2 Å². The molecule has 0 atom stereocenters. The van der Waals surface area contributed by atoms with Crippen molar-refractivity contribution < 1.29 is 13.2 Å². The van der Waals surface area contributed by atoms with Crippen molar-refractivity contribution in [3.05, 3.63) is 0 Å². The van der Waals surface area contributed by atoms with Gasteiger partial charge in [0, 0.05) is 13.0 Å². The summed E-state index contributed by atoms with van der Waals surface area (Å²) in [4.78, 5) is 10.3. The van der Waals surface area contributed by atoms with Crippen molar-refractivity contribution in [1.82, 2.24) is 9.44 Å². The molecule has 0 fully saturated rings. The van der Waals surface area contributed by atoms with Gasteiger partial charge in [0.1, 0.15) is 0 Å². The van der Waals surface area contributed by atoms with Crippen molar-refractivity contribution in [2.45, 2.75) is 26.8 Å².